The van der Waals surface area contributed by atoms with Crippen molar-refractivity contribution >= 4 is 11.4 Å². The maximum Gasteiger partial charge on any atom is 0.391 e. The number of anilines is 2. The molecule has 0 spiro atoms. The third-order valence-corrected chi connectivity index (χ3v) is 3.31. The molecule has 2 nitrogen and oxygen atoms in total. The van der Waals surface area contributed by atoms with E-state index in [9.17, 15) is 17.6 Å². The minimum atomic E-state index is -4.15. The summed E-state index contributed by atoms with van der Waals surface area (Å²) in [6.07, 6.45) is -4.16. The zero-order chi connectivity index (χ0) is 13.3. The van der Waals surface area contributed by atoms with Crippen molar-refractivity contribution in [3.8, 4) is 0 Å². The van der Waals surface area contributed by atoms with Crippen LogP contribution in [0.3, 0.4) is 0 Å². The Balaban J connectivity index is 2.08. The third-order valence-electron chi connectivity index (χ3n) is 3.31. The van der Waals surface area contributed by atoms with Gasteiger partial charge < -0.3 is 10.6 Å². The molecule has 0 unspecified atom stereocenters. The highest BCUT2D eigenvalue weighted by Crippen LogP contribution is 2.36. The van der Waals surface area contributed by atoms with E-state index < -0.39 is 17.9 Å². The van der Waals surface area contributed by atoms with Crippen LogP contribution in [-0.2, 0) is 0 Å². The molecule has 1 aliphatic rings. The number of alkyl halides is 3. The number of nitrogen functional groups attached to an aromatic ring is 1. The lowest BCUT2D eigenvalue weighted by molar-refractivity contribution is -0.179. The molecular formula is C12H14F4N2. The van der Waals surface area contributed by atoms with Crippen molar-refractivity contribution in [2.24, 2.45) is 5.92 Å². The molecule has 6 heteroatoms. The van der Waals surface area contributed by atoms with Gasteiger partial charge in [0.1, 0.15) is 0 Å². The predicted molar refractivity (Wildman–Crippen MR) is 61.8 cm³/mol. The minimum absolute atomic E-state index is 0.00224. The first kappa shape index (κ1) is 13.0. The fraction of sp³-hybridized carbons (Fsp3) is 0.500. The van der Waals surface area contributed by atoms with Crippen LogP contribution in [0.4, 0.5) is 28.9 Å². The molecule has 0 radical (unpaired) electrons. The molecule has 1 fully saturated rings. The predicted octanol–water partition coefficient (Wildman–Crippen LogP) is 3.19. The quantitative estimate of drug-likeness (QED) is 0.622. The molecule has 2 rings (SSSR count). The topological polar surface area (TPSA) is 29.3 Å². The van der Waals surface area contributed by atoms with Gasteiger partial charge in [-0.05, 0) is 25.0 Å². The summed E-state index contributed by atoms with van der Waals surface area (Å²) in [5.74, 6) is -1.83. The largest absolute Gasteiger partial charge is 0.396 e. The highest BCUT2D eigenvalue weighted by atomic mass is 19.4. The first-order valence-corrected chi connectivity index (χ1v) is 5.75. The van der Waals surface area contributed by atoms with Gasteiger partial charge in [-0.2, -0.15) is 13.2 Å². The number of hydrogen-bond donors (Lipinski definition) is 1. The summed E-state index contributed by atoms with van der Waals surface area (Å²) in [7, 11) is 0. The Morgan fingerprint density at radius 1 is 1.17 bits per heavy atom. The fourth-order valence-corrected chi connectivity index (χ4v) is 2.23. The summed E-state index contributed by atoms with van der Waals surface area (Å²) in [6, 6.07) is 4.57. The van der Waals surface area contributed by atoms with Gasteiger partial charge in [0.2, 0.25) is 0 Å². The average Bonchev–Trinajstić information content (AvgIpc) is 2.32. The maximum atomic E-state index is 13.7. The van der Waals surface area contributed by atoms with Crippen LogP contribution in [0.5, 0.6) is 0 Å². The highest BCUT2D eigenvalue weighted by Gasteiger charge is 2.41. The smallest absolute Gasteiger partial charge is 0.391 e. The Kier molecular flexibility index (Phi) is 3.36. The SMILES string of the molecule is Nc1cccc(N2CCC(C(F)(F)F)CC2)c1F. The summed E-state index contributed by atoms with van der Waals surface area (Å²) in [6.45, 7) is 0.398. The zero-order valence-electron chi connectivity index (χ0n) is 9.67. The van der Waals surface area contributed by atoms with Gasteiger partial charge in [0.25, 0.3) is 0 Å². The third kappa shape index (κ3) is 2.52. The Hall–Kier alpha value is -1.46. The molecule has 1 aliphatic heterocycles. The Labute approximate surface area is 102 Å². The molecule has 1 aromatic carbocycles. The van der Waals surface area contributed by atoms with Crippen molar-refractivity contribution < 1.29 is 17.6 Å². The number of benzene rings is 1. The second kappa shape index (κ2) is 4.66. The van der Waals surface area contributed by atoms with Crippen LogP contribution in [0.15, 0.2) is 18.2 Å². The lowest BCUT2D eigenvalue weighted by Gasteiger charge is -2.34. The van der Waals surface area contributed by atoms with Crippen molar-refractivity contribution in [2.75, 3.05) is 23.7 Å². The maximum absolute atomic E-state index is 13.7. The van der Waals surface area contributed by atoms with Crippen LogP contribution >= 0.6 is 0 Å². The van der Waals surface area contributed by atoms with Gasteiger partial charge in [-0.25, -0.2) is 4.39 Å². The van der Waals surface area contributed by atoms with E-state index in [2.05, 4.69) is 0 Å². The molecule has 0 bridgehead atoms. The van der Waals surface area contributed by atoms with Crippen molar-refractivity contribution in [1.82, 2.24) is 0 Å². The molecule has 0 aliphatic carbocycles. The standard InChI is InChI=1S/C12H14F4N2/c13-11-9(17)2-1-3-10(11)18-6-4-8(5-7-18)12(14,15)16/h1-3,8H,4-7,17H2. The van der Waals surface area contributed by atoms with Crippen molar-refractivity contribution in [2.45, 2.75) is 19.0 Å². The number of halogens is 4. The lowest BCUT2D eigenvalue weighted by atomic mass is 9.96. The van der Waals surface area contributed by atoms with Crippen molar-refractivity contribution in [3.63, 3.8) is 0 Å². The van der Waals surface area contributed by atoms with Gasteiger partial charge in [0, 0.05) is 13.1 Å². The van der Waals surface area contributed by atoms with E-state index in [4.69, 9.17) is 5.73 Å². The van der Waals surface area contributed by atoms with Gasteiger partial charge in [-0.3, -0.25) is 0 Å². The number of nitrogens with two attached hydrogens (primary N) is 1. The van der Waals surface area contributed by atoms with Crippen LogP contribution < -0.4 is 10.6 Å². The van der Waals surface area contributed by atoms with Gasteiger partial charge in [-0.15, -0.1) is 0 Å². The molecule has 0 amide bonds. The molecular weight excluding hydrogens is 248 g/mol. The molecule has 0 saturated carbocycles. The molecule has 0 atom stereocenters. The van der Waals surface area contributed by atoms with Gasteiger partial charge >= 0.3 is 6.18 Å². The average molecular weight is 262 g/mol. The molecule has 0 aromatic heterocycles. The zero-order valence-corrected chi connectivity index (χ0v) is 9.67. The normalized spacial score (nSPS) is 18.1. The second-order valence-corrected chi connectivity index (χ2v) is 4.48. The van der Waals surface area contributed by atoms with Crippen molar-refractivity contribution in [1.29, 1.82) is 0 Å². The van der Waals surface area contributed by atoms with E-state index in [1.165, 1.54) is 6.07 Å². The lowest BCUT2D eigenvalue weighted by Crippen LogP contribution is -2.39. The Morgan fingerprint density at radius 3 is 2.33 bits per heavy atom. The highest BCUT2D eigenvalue weighted by molar-refractivity contribution is 5.58. The van der Waals surface area contributed by atoms with E-state index in [1.807, 2.05) is 0 Å². The minimum Gasteiger partial charge on any atom is -0.396 e. The monoisotopic (exact) mass is 262 g/mol. The van der Waals surface area contributed by atoms with E-state index in [-0.39, 0.29) is 37.3 Å². The summed E-state index contributed by atoms with van der Waals surface area (Å²) in [5.41, 5.74) is 5.75. The van der Waals surface area contributed by atoms with Gasteiger partial charge in [-0.1, -0.05) is 6.07 Å². The van der Waals surface area contributed by atoms with E-state index in [0.29, 0.717) is 0 Å². The van der Waals surface area contributed by atoms with E-state index >= 15 is 0 Å². The molecule has 1 saturated heterocycles. The Morgan fingerprint density at radius 2 is 1.78 bits per heavy atom. The number of nitrogens with zero attached hydrogens (tertiary/aromatic N) is 1. The van der Waals surface area contributed by atoms with E-state index in [1.54, 1.807) is 17.0 Å². The molecule has 100 valence electrons. The summed E-state index contributed by atoms with van der Waals surface area (Å²) >= 11 is 0. The van der Waals surface area contributed by atoms with Gasteiger partial charge in [0.05, 0.1) is 17.3 Å². The van der Waals surface area contributed by atoms with Crippen molar-refractivity contribution in [3.05, 3.63) is 24.0 Å². The van der Waals surface area contributed by atoms with E-state index in [0.717, 1.165) is 0 Å². The fourth-order valence-electron chi connectivity index (χ4n) is 2.23. The number of rotatable bonds is 1. The second-order valence-electron chi connectivity index (χ2n) is 4.48. The Bertz CT molecular complexity index is 423. The van der Waals surface area contributed by atoms with Gasteiger partial charge in [0.15, 0.2) is 5.82 Å². The van der Waals surface area contributed by atoms with Crippen LogP contribution in [-0.4, -0.2) is 19.3 Å². The molecule has 1 heterocycles. The summed E-state index contributed by atoms with van der Waals surface area (Å²) in [5, 5.41) is 0. The van der Waals surface area contributed by atoms with Crippen LogP contribution in [0, 0.1) is 11.7 Å². The first-order valence-electron chi connectivity index (χ1n) is 5.75. The summed E-state index contributed by atoms with van der Waals surface area (Å²) in [4.78, 5) is 1.62. The molecule has 1 aromatic rings. The van der Waals surface area contributed by atoms with Crippen LogP contribution in [0.1, 0.15) is 12.8 Å². The summed E-state index contributed by atoms with van der Waals surface area (Å²) < 4.78 is 51.2. The molecule has 2 N–H and O–H groups in total. The van der Waals surface area contributed by atoms with Crippen LogP contribution in [0.2, 0.25) is 0 Å². The van der Waals surface area contributed by atoms with Crippen LogP contribution in [0.25, 0.3) is 0 Å². The molecule has 18 heavy (non-hydrogen) atoms. The number of piperidine rings is 1. The first-order chi connectivity index (χ1) is 8.39. The number of hydrogen-bond acceptors (Lipinski definition) is 2.